The summed E-state index contributed by atoms with van der Waals surface area (Å²) in [6, 6.07) is 8.67. The van der Waals surface area contributed by atoms with Crippen LogP contribution in [0.5, 0.6) is 0 Å². The van der Waals surface area contributed by atoms with Gasteiger partial charge in [0.05, 0.1) is 0 Å². The zero-order chi connectivity index (χ0) is 12.1. The molecule has 1 saturated carbocycles. The van der Waals surface area contributed by atoms with Crippen molar-refractivity contribution in [2.75, 3.05) is 10.6 Å². The highest BCUT2D eigenvalue weighted by molar-refractivity contribution is 7.10. The van der Waals surface area contributed by atoms with Crippen molar-refractivity contribution in [3.63, 3.8) is 0 Å². The van der Waals surface area contributed by atoms with E-state index in [0.717, 1.165) is 18.9 Å². The van der Waals surface area contributed by atoms with Gasteiger partial charge in [0.15, 0.2) is 0 Å². The zero-order valence-corrected chi connectivity index (χ0v) is 10.9. The predicted molar refractivity (Wildman–Crippen MR) is 74.8 cm³/mol. The number of aromatic nitrogens is 1. The SMILES string of the molecule is Nc1nsc(N2Cc3ccccc3C2)c1C1CC1. The lowest BCUT2D eigenvalue weighted by molar-refractivity contribution is 0.881. The summed E-state index contributed by atoms with van der Waals surface area (Å²) in [6.45, 7) is 2.00. The van der Waals surface area contributed by atoms with Gasteiger partial charge < -0.3 is 10.6 Å². The summed E-state index contributed by atoms with van der Waals surface area (Å²) in [7, 11) is 0. The highest BCUT2D eigenvalue weighted by atomic mass is 32.1. The molecule has 92 valence electrons. The van der Waals surface area contributed by atoms with E-state index < -0.39 is 0 Å². The Hall–Kier alpha value is -1.55. The Morgan fingerprint density at radius 3 is 2.44 bits per heavy atom. The molecule has 1 aliphatic carbocycles. The Balaban J connectivity index is 1.70. The van der Waals surface area contributed by atoms with Gasteiger partial charge in [0, 0.05) is 18.7 Å². The second-order valence-corrected chi connectivity index (χ2v) is 5.94. The van der Waals surface area contributed by atoms with Gasteiger partial charge >= 0.3 is 0 Å². The first-order valence-corrected chi connectivity index (χ1v) is 7.17. The summed E-state index contributed by atoms with van der Waals surface area (Å²) >= 11 is 1.56. The molecule has 2 N–H and O–H groups in total. The fourth-order valence-corrected chi connectivity index (χ4v) is 3.66. The smallest absolute Gasteiger partial charge is 0.142 e. The molecule has 1 aromatic heterocycles. The predicted octanol–water partition coefficient (Wildman–Crippen LogP) is 3.12. The lowest BCUT2D eigenvalue weighted by Crippen LogP contribution is -2.14. The number of hydrogen-bond acceptors (Lipinski definition) is 4. The minimum absolute atomic E-state index is 0.669. The van der Waals surface area contributed by atoms with E-state index in [4.69, 9.17) is 5.73 Å². The molecule has 0 bridgehead atoms. The van der Waals surface area contributed by atoms with Crippen LogP contribution in [0.3, 0.4) is 0 Å². The van der Waals surface area contributed by atoms with E-state index in [1.807, 2.05) is 0 Å². The number of nitrogens with two attached hydrogens (primary N) is 1. The molecule has 0 amide bonds. The van der Waals surface area contributed by atoms with E-state index in [0.29, 0.717) is 5.92 Å². The third-order valence-electron chi connectivity index (χ3n) is 3.85. The molecule has 4 heteroatoms. The van der Waals surface area contributed by atoms with Crippen molar-refractivity contribution in [3.8, 4) is 0 Å². The molecule has 4 rings (SSSR count). The Labute approximate surface area is 110 Å². The van der Waals surface area contributed by atoms with E-state index >= 15 is 0 Å². The fourth-order valence-electron chi connectivity index (χ4n) is 2.76. The third kappa shape index (κ3) is 1.52. The maximum absolute atomic E-state index is 6.03. The minimum atomic E-state index is 0.669. The van der Waals surface area contributed by atoms with Crippen molar-refractivity contribution >= 4 is 22.4 Å². The summed E-state index contributed by atoms with van der Waals surface area (Å²) in [5, 5.41) is 1.30. The van der Waals surface area contributed by atoms with Gasteiger partial charge in [-0.25, -0.2) is 0 Å². The van der Waals surface area contributed by atoms with Crippen molar-refractivity contribution in [1.82, 2.24) is 4.37 Å². The molecule has 0 saturated heterocycles. The summed E-state index contributed by atoms with van der Waals surface area (Å²) in [4.78, 5) is 2.42. The molecule has 2 aromatic rings. The second-order valence-electron chi connectivity index (χ2n) is 5.19. The number of benzene rings is 1. The van der Waals surface area contributed by atoms with Crippen LogP contribution in [0.15, 0.2) is 24.3 Å². The van der Waals surface area contributed by atoms with Gasteiger partial charge in [-0.3, -0.25) is 0 Å². The topological polar surface area (TPSA) is 42.1 Å². The van der Waals surface area contributed by atoms with Crippen LogP contribution in [0.4, 0.5) is 10.8 Å². The lowest BCUT2D eigenvalue weighted by Gasteiger charge is -2.16. The van der Waals surface area contributed by atoms with Crippen LogP contribution in [0.2, 0.25) is 0 Å². The van der Waals surface area contributed by atoms with E-state index in [-0.39, 0.29) is 0 Å². The van der Waals surface area contributed by atoms with Gasteiger partial charge in [0.25, 0.3) is 0 Å². The molecule has 2 heterocycles. The molecule has 1 aromatic carbocycles. The maximum atomic E-state index is 6.03. The molecule has 18 heavy (non-hydrogen) atoms. The normalized spacial score (nSPS) is 18.1. The van der Waals surface area contributed by atoms with Crippen molar-refractivity contribution in [3.05, 3.63) is 41.0 Å². The number of fused-ring (bicyclic) bond motifs is 1. The highest BCUT2D eigenvalue weighted by Gasteiger charge is 2.33. The van der Waals surface area contributed by atoms with Crippen LogP contribution in [-0.2, 0) is 13.1 Å². The molecule has 0 radical (unpaired) electrons. The monoisotopic (exact) mass is 257 g/mol. The quantitative estimate of drug-likeness (QED) is 0.898. The van der Waals surface area contributed by atoms with E-state index in [9.17, 15) is 0 Å². The lowest BCUT2D eigenvalue weighted by atomic mass is 10.1. The molecule has 0 unspecified atom stereocenters. The van der Waals surface area contributed by atoms with Crippen LogP contribution in [0.25, 0.3) is 0 Å². The summed E-state index contributed by atoms with van der Waals surface area (Å²) < 4.78 is 4.36. The number of nitrogens with zero attached hydrogens (tertiary/aromatic N) is 2. The van der Waals surface area contributed by atoms with Crippen LogP contribution in [0.1, 0.15) is 35.4 Å². The zero-order valence-electron chi connectivity index (χ0n) is 10.1. The first-order chi connectivity index (χ1) is 8.83. The van der Waals surface area contributed by atoms with E-state index in [1.165, 1.54) is 34.5 Å². The molecular weight excluding hydrogens is 242 g/mol. The first-order valence-electron chi connectivity index (χ1n) is 6.39. The van der Waals surface area contributed by atoms with Crippen molar-refractivity contribution in [1.29, 1.82) is 0 Å². The van der Waals surface area contributed by atoms with Crippen LogP contribution < -0.4 is 10.6 Å². The van der Waals surface area contributed by atoms with Crippen molar-refractivity contribution in [2.45, 2.75) is 31.8 Å². The Morgan fingerprint density at radius 2 is 1.83 bits per heavy atom. The minimum Gasteiger partial charge on any atom is -0.383 e. The Bertz CT molecular complexity index is 576. The van der Waals surface area contributed by atoms with Crippen molar-refractivity contribution < 1.29 is 0 Å². The average Bonchev–Trinajstić information content (AvgIpc) is 3.00. The Kier molecular flexibility index (Phi) is 2.14. The fraction of sp³-hybridized carbons (Fsp3) is 0.357. The number of nitrogen functional groups attached to an aromatic ring is 1. The molecule has 0 spiro atoms. The summed E-state index contributed by atoms with van der Waals surface area (Å²) in [5.41, 5.74) is 10.2. The molecular formula is C14H15N3S. The van der Waals surface area contributed by atoms with E-state index in [1.54, 1.807) is 11.5 Å². The number of anilines is 2. The Morgan fingerprint density at radius 1 is 1.17 bits per heavy atom. The van der Waals surface area contributed by atoms with Crippen LogP contribution >= 0.6 is 11.5 Å². The van der Waals surface area contributed by atoms with Crippen LogP contribution in [0, 0.1) is 0 Å². The van der Waals surface area contributed by atoms with Crippen LogP contribution in [-0.4, -0.2) is 4.37 Å². The van der Waals surface area contributed by atoms with Crippen molar-refractivity contribution in [2.24, 2.45) is 0 Å². The van der Waals surface area contributed by atoms with Gasteiger partial charge in [0.2, 0.25) is 0 Å². The molecule has 0 atom stereocenters. The van der Waals surface area contributed by atoms with Gasteiger partial charge in [-0.05, 0) is 41.4 Å². The molecule has 1 aliphatic heterocycles. The highest BCUT2D eigenvalue weighted by Crippen LogP contribution is 2.49. The summed E-state index contributed by atoms with van der Waals surface area (Å²) in [6.07, 6.45) is 2.55. The summed E-state index contributed by atoms with van der Waals surface area (Å²) in [5.74, 6) is 1.43. The first kappa shape index (κ1) is 10.4. The van der Waals surface area contributed by atoms with Gasteiger partial charge in [-0.15, -0.1) is 0 Å². The number of rotatable bonds is 2. The van der Waals surface area contributed by atoms with Gasteiger partial charge in [-0.2, -0.15) is 4.37 Å². The van der Waals surface area contributed by atoms with Gasteiger partial charge in [0.1, 0.15) is 10.8 Å². The largest absolute Gasteiger partial charge is 0.383 e. The standard InChI is InChI=1S/C14H15N3S/c15-13-12(9-5-6-9)14(18-16-13)17-7-10-3-1-2-4-11(10)8-17/h1-4,9H,5-8H2,(H2,15,16). The molecule has 3 nitrogen and oxygen atoms in total. The third-order valence-corrected chi connectivity index (χ3v) is 4.79. The number of hydrogen-bond donors (Lipinski definition) is 1. The molecule has 1 fully saturated rings. The second kappa shape index (κ2) is 3.72. The van der Waals surface area contributed by atoms with Gasteiger partial charge in [-0.1, -0.05) is 24.3 Å². The maximum Gasteiger partial charge on any atom is 0.142 e. The molecule has 2 aliphatic rings. The van der Waals surface area contributed by atoms with E-state index in [2.05, 4.69) is 33.5 Å². The average molecular weight is 257 g/mol.